The third-order valence-electron chi connectivity index (χ3n) is 14.3. The molecule has 5 atom stereocenters. The fourth-order valence-electron chi connectivity index (χ4n) is 9.69. The molecule has 7 rings (SSSR count). The molecule has 5 aromatic rings. The van der Waals surface area contributed by atoms with Gasteiger partial charge in [-0.15, -0.1) is 24.5 Å². The highest BCUT2D eigenvalue weighted by Gasteiger charge is 2.44. The van der Waals surface area contributed by atoms with Gasteiger partial charge in [-0.1, -0.05) is 57.2 Å². The Kier molecular flexibility index (Phi) is 25.1. The number of carbonyl (C=O) groups is 6. The maximum absolute atomic E-state index is 15.4. The van der Waals surface area contributed by atoms with E-state index in [1.54, 1.807) is 33.9 Å². The number of rotatable bonds is 32. The number of benzene rings is 2. The first-order valence-electron chi connectivity index (χ1n) is 28.9. The molecule has 88 heavy (non-hydrogen) atoms. The number of primary amides is 1. The van der Waals surface area contributed by atoms with Crippen LogP contribution in [-0.2, 0) is 62.4 Å². The molecule has 2 aliphatic rings. The summed E-state index contributed by atoms with van der Waals surface area (Å²) >= 11 is 1.56. The molecule has 23 nitrogen and oxygen atoms in total. The molecule has 5 heterocycles. The predicted molar refractivity (Wildman–Crippen MR) is 313 cm³/mol. The number of halogens is 4. The fraction of sp³-hybridized carbons (Fsp3) is 0.517. The van der Waals surface area contributed by atoms with Crippen LogP contribution in [0.3, 0.4) is 0 Å². The number of thiazole rings is 1. The third kappa shape index (κ3) is 21.0. The predicted octanol–water partition coefficient (Wildman–Crippen LogP) is 5.10. The maximum atomic E-state index is 15.4. The summed E-state index contributed by atoms with van der Waals surface area (Å²) < 4.78 is 86.6. The van der Waals surface area contributed by atoms with Gasteiger partial charge < -0.3 is 69.6 Å². The number of ether oxygens (including phenoxy) is 6. The van der Waals surface area contributed by atoms with Gasteiger partial charge in [-0.25, -0.2) is 19.3 Å². The molecule has 2 saturated heterocycles. The Bertz CT molecular complexity index is 3110. The summed E-state index contributed by atoms with van der Waals surface area (Å²) in [4.78, 5) is 95.0. The van der Waals surface area contributed by atoms with Crippen molar-refractivity contribution in [2.75, 3.05) is 79.0 Å². The van der Waals surface area contributed by atoms with Crippen molar-refractivity contribution in [3.8, 4) is 33.3 Å². The molecule has 6 N–H and O–H groups in total. The van der Waals surface area contributed by atoms with Crippen molar-refractivity contribution in [3.63, 3.8) is 0 Å². The number of aromatic nitrogens is 4. The Balaban J connectivity index is 0.688. The van der Waals surface area contributed by atoms with Crippen LogP contribution in [0.5, 0.6) is 11.6 Å². The van der Waals surface area contributed by atoms with E-state index in [4.69, 9.17) is 29.4 Å². The van der Waals surface area contributed by atoms with Crippen molar-refractivity contribution in [1.82, 2.24) is 45.3 Å². The zero-order valence-corrected chi connectivity index (χ0v) is 50.4. The number of amides is 6. The lowest BCUT2D eigenvalue weighted by atomic mass is 9.85. The van der Waals surface area contributed by atoms with E-state index in [-0.39, 0.29) is 108 Å². The lowest BCUT2D eigenvalue weighted by molar-refractivity contribution is -0.274. The summed E-state index contributed by atoms with van der Waals surface area (Å²) in [5, 5.41) is 19.1. The van der Waals surface area contributed by atoms with E-state index in [1.807, 2.05) is 52.0 Å². The summed E-state index contributed by atoms with van der Waals surface area (Å²) in [7, 11) is 0. The molecule has 0 radical (unpaired) electrons. The van der Waals surface area contributed by atoms with E-state index in [9.17, 15) is 47.0 Å². The van der Waals surface area contributed by atoms with Crippen LogP contribution in [0.15, 0.2) is 78.8 Å². The second kappa shape index (κ2) is 32.6. The Hall–Kier alpha value is -7.63. The van der Waals surface area contributed by atoms with Gasteiger partial charge in [0.2, 0.25) is 35.4 Å². The first kappa shape index (κ1) is 67.9. The number of aryl methyl sites for hydroxylation is 2. The van der Waals surface area contributed by atoms with Crippen LogP contribution in [0.1, 0.15) is 80.1 Å². The summed E-state index contributed by atoms with van der Waals surface area (Å²) in [6.45, 7) is 10.3. The number of nitrogens with zero attached hydrogens (tertiary/aromatic N) is 6. The van der Waals surface area contributed by atoms with Crippen molar-refractivity contribution in [2.24, 2.45) is 11.1 Å². The Morgan fingerprint density at radius 1 is 0.818 bits per heavy atom. The molecule has 478 valence electrons. The van der Waals surface area contributed by atoms with E-state index in [2.05, 4.69) is 35.6 Å². The molecule has 0 saturated carbocycles. The Labute approximate surface area is 510 Å². The molecule has 0 bridgehead atoms. The number of β-amino-alcohol motifs (C(OH)–C–C–N with tert-alkyl or cyclic N) is 1. The molecule has 2 aliphatic heterocycles. The van der Waals surface area contributed by atoms with Crippen molar-refractivity contribution < 1.29 is 79.9 Å². The van der Waals surface area contributed by atoms with Gasteiger partial charge >= 0.3 is 6.36 Å². The lowest BCUT2D eigenvalue weighted by Gasteiger charge is -2.35. The molecule has 28 heteroatoms. The van der Waals surface area contributed by atoms with Gasteiger partial charge in [0.15, 0.2) is 6.17 Å². The lowest BCUT2D eigenvalue weighted by Crippen LogP contribution is -2.57. The molecule has 3 aromatic heterocycles. The highest BCUT2D eigenvalue weighted by Crippen LogP contribution is 2.31. The van der Waals surface area contributed by atoms with Gasteiger partial charge in [0.25, 0.3) is 5.91 Å². The minimum absolute atomic E-state index is 0.0115. The van der Waals surface area contributed by atoms with Crippen LogP contribution < -0.4 is 31.2 Å². The zero-order chi connectivity index (χ0) is 63.4. The zero-order valence-electron chi connectivity index (χ0n) is 49.6. The topological polar surface area (TPSA) is 290 Å². The Morgan fingerprint density at radius 3 is 2.12 bits per heavy atom. The number of nitrogens with one attached hydrogen (secondary N) is 3. The van der Waals surface area contributed by atoms with Gasteiger partial charge in [0.05, 0.1) is 100 Å². The summed E-state index contributed by atoms with van der Waals surface area (Å²) in [6.07, 6.45) is -3.06. The van der Waals surface area contributed by atoms with Gasteiger partial charge in [-0.2, -0.15) is 0 Å². The third-order valence-corrected chi connectivity index (χ3v) is 15.3. The van der Waals surface area contributed by atoms with Crippen LogP contribution in [0.4, 0.5) is 17.6 Å². The molecule has 0 spiro atoms. The van der Waals surface area contributed by atoms with Crippen LogP contribution >= 0.6 is 11.3 Å². The first-order chi connectivity index (χ1) is 42.0. The number of aliphatic hydroxyl groups is 1. The number of piperidine rings is 1. The summed E-state index contributed by atoms with van der Waals surface area (Å²) in [5.74, 6) is -3.31. The first-order valence-corrected chi connectivity index (χ1v) is 29.8. The molecule has 2 aromatic carbocycles. The van der Waals surface area contributed by atoms with Crippen LogP contribution in [-0.4, -0.2) is 186 Å². The van der Waals surface area contributed by atoms with Crippen molar-refractivity contribution in [1.29, 1.82) is 0 Å². The highest BCUT2D eigenvalue weighted by molar-refractivity contribution is 7.13. The number of hydrogen-bond acceptors (Lipinski definition) is 17. The Morgan fingerprint density at radius 2 is 1.49 bits per heavy atom. The van der Waals surface area contributed by atoms with Gasteiger partial charge in [-0.3, -0.25) is 28.8 Å². The molecule has 1 unspecified atom stereocenters. The molecule has 6 amide bonds. The second-order valence-electron chi connectivity index (χ2n) is 22.2. The number of aliphatic hydroxyl groups excluding tert-OH is 1. The summed E-state index contributed by atoms with van der Waals surface area (Å²) in [5.41, 5.74) is 10.8. The highest BCUT2D eigenvalue weighted by atomic mass is 32.1. The number of pyridine rings is 1. The molecular formula is C60H76F4N10O13S. The van der Waals surface area contributed by atoms with E-state index in [0.717, 1.165) is 33.8 Å². The molecule has 2 fully saturated rings. The van der Waals surface area contributed by atoms with Gasteiger partial charge in [0, 0.05) is 76.4 Å². The molecule has 0 aliphatic carbocycles. The number of carbonyl (C=O) groups excluding carboxylic acids is 6. The number of hydrogen-bond donors (Lipinski definition) is 5. The van der Waals surface area contributed by atoms with Crippen molar-refractivity contribution >= 4 is 46.8 Å². The van der Waals surface area contributed by atoms with Gasteiger partial charge in [-0.05, 0) is 53.6 Å². The SMILES string of the molecule is Cc1ncsc1-c1ccc(CNC(=O)C2C[C@@H](O)CN2C(=O)[C@@H](NC(=O)CCOCCOCCOCCOCCNC(=O)CCCn2cnc(-c3cnc(O[C@@H]4CCN(C(=O)Cc5ccc(OC(F)(F)F)cc5)C[C@H]4F)c(C(N)=O)c3)c2)C(C)(C)C)cc1. The van der Waals surface area contributed by atoms with Crippen LogP contribution in [0.25, 0.3) is 21.7 Å². The van der Waals surface area contributed by atoms with Crippen molar-refractivity contribution in [2.45, 2.75) is 116 Å². The smallest absolute Gasteiger partial charge is 0.471 e. The number of likely N-dealkylation sites (tertiary alicyclic amines) is 2. The second-order valence-corrected chi connectivity index (χ2v) is 23.1. The van der Waals surface area contributed by atoms with Crippen LogP contribution in [0.2, 0.25) is 0 Å². The minimum Gasteiger partial charge on any atom is -0.471 e. The fourth-order valence-corrected chi connectivity index (χ4v) is 10.5. The largest absolute Gasteiger partial charge is 0.573 e. The maximum Gasteiger partial charge on any atom is 0.573 e. The standard InChI is InChI=1S/C60H76F4N10O13S/c1-38-53(88-37-70-38)41-11-7-40(8-12-41)31-67-56(80)48-30-43(75)33-74(48)58(81)54(59(2,3)4)71-51(77)16-20-82-22-24-84-26-27-85-25-23-83-21-17-66-50(76)6-5-18-72-35-47(69-36-72)42-29-45(55(65)79)57(68-32-42)86-49-15-19-73(34-46(49)61)52(78)28-39-9-13-44(14-10-39)87-60(62,63)64/h7-14,29,32,35-37,43,46,48-49,54,75H,5-6,15-28,30-31,33-34H2,1-4H3,(H2,65,79)(H,66,76)(H,67,80)(H,71,77)/t43-,46-,48?,49-,54-/m1/s1. The van der Waals surface area contributed by atoms with E-state index >= 15 is 4.39 Å². The normalized spacial score (nSPS) is 17.3. The number of alkyl halides is 4. The van der Waals surface area contributed by atoms with Gasteiger partial charge in [0.1, 0.15) is 29.5 Å². The monoisotopic (exact) mass is 1250 g/mol. The average molecular weight is 1250 g/mol. The number of imidazole rings is 1. The summed E-state index contributed by atoms with van der Waals surface area (Å²) in [6, 6.07) is 12.2. The van der Waals surface area contributed by atoms with E-state index < -0.39 is 71.6 Å². The average Bonchev–Trinajstić information content (AvgIpc) is 2.78. The van der Waals surface area contributed by atoms with E-state index in [1.165, 1.54) is 34.2 Å². The molecular weight excluding hydrogens is 1180 g/mol. The van der Waals surface area contributed by atoms with Crippen molar-refractivity contribution in [3.05, 3.63) is 101 Å². The number of nitrogens with two attached hydrogens (primary N) is 1. The quantitative estimate of drug-likeness (QED) is 0.0277. The van der Waals surface area contributed by atoms with E-state index in [0.29, 0.717) is 62.8 Å². The minimum atomic E-state index is -4.85. The van der Waals surface area contributed by atoms with Crippen LogP contribution in [0, 0.1) is 12.3 Å².